The maximum atomic E-state index is 11.7. The van der Waals surface area contributed by atoms with Gasteiger partial charge in [-0.1, -0.05) is 47.5 Å². The van der Waals surface area contributed by atoms with Crippen LogP contribution in [0.3, 0.4) is 0 Å². The average molecular weight is 608 g/mol. The number of amides is 1. The Kier molecular flexibility index (Phi) is 12.3. The van der Waals surface area contributed by atoms with Crippen molar-refractivity contribution < 1.29 is 23.2 Å². The quantitative estimate of drug-likeness (QED) is 0.121. The second kappa shape index (κ2) is 15.4. The Morgan fingerprint density at radius 1 is 1.00 bits per heavy atom. The monoisotopic (exact) mass is 606 g/mol. The molecule has 0 aliphatic heterocycles. The zero-order chi connectivity index (χ0) is 29.8. The minimum Gasteiger partial charge on any atom is -0.464 e. The fraction of sp³-hybridized carbons (Fsp3) is 0.154. The molecule has 0 bridgehead atoms. The van der Waals surface area contributed by atoms with Crippen molar-refractivity contribution >= 4 is 57.6 Å². The lowest BCUT2D eigenvalue weighted by Crippen LogP contribution is -2.30. The average Bonchev–Trinajstić information content (AvgIpc) is 3.50. The zero-order valence-corrected chi connectivity index (χ0v) is 23.8. The number of rotatable bonds is 6. The number of amidine groups is 2. The summed E-state index contributed by atoms with van der Waals surface area (Å²) >= 11 is 16.7. The molecule has 40 heavy (non-hydrogen) atoms. The van der Waals surface area contributed by atoms with Crippen LogP contribution in [0.4, 0.5) is 0 Å². The summed E-state index contributed by atoms with van der Waals surface area (Å²) in [6, 6.07) is 13.6. The number of nitrogens with one attached hydrogen (secondary N) is 3. The van der Waals surface area contributed by atoms with Crippen molar-refractivity contribution in [2.45, 2.75) is 20.8 Å². The van der Waals surface area contributed by atoms with E-state index >= 15 is 0 Å². The van der Waals surface area contributed by atoms with E-state index < -0.39 is 11.1 Å². The molecular weight excluding hydrogens is 583 g/mol. The molecule has 0 unspecified atom stereocenters. The van der Waals surface area contributed by atoms with Gasteiger partial charge >= 0.3 is 5.95 Å². The van der Waals surface area contributed by atoms with Crippen LogP contribution >= 0.6 is 34.8 Å². The molecule has 2 aromatic carbocycles. The third-order valence-electron chi connectivity index (χ3n) is 4.50. The second-order valence-electron chi connectivity index (χ2n) is 7.59. The third kappa shape index (κ3) is 10.2. The fourth-order valence-electron chi connectivity index (χ4n) is 2.78. The summed E-state index contributed by atoms with van der Waals surface area (Å²) in [5, 5.41) is 17.7. The Hall–Kier alpha value is -4.19. The number of carbonyl (C=O) groups is 2. The van der Waals surface area contributed by atoms with Crippen molar-refractivity contribution in [3.63, 3.8) is 0 Å². The van der Waals surface area contributed by atoms with Crippen molar-refractivity contribution in [2.24, 2.45) is 5.73 Å². The predicted octanol–water partition coefficient (Wildman–Crippen LogP) is 5.78. The van der Waals surface area contributed by atoms with Gasteiger partial charge in [0.25, 0.3) is 11.1 Å². The lowest BCUT2D eigenvalue weighted by Gasteiger charge is -2.05. The summed E-state index contributed by atoms with van der Waals surface area (Å²) in [7, 11) is 0. The van der Waals surface area contributed by atoms with Crippen LogP contribution in [0, 0.1) is 24.7 Å². The van der Waals surface area contributed by atoms with E-state index in [0.717, 1.165) is 0 Å². The van der Waals surface area contributed by atoms with E-state index in [0.29, 0.717) is 39.6 Å². The molecule has 11 nitrogen and oxygen atoms in total. The van der Waals surface area contributed by atoms with Crippen LogP contribution in [0.25, 0.3) is 0 Å². The summed E-state index contributed by atoms with van der Waals surface area (Å²) in [6.07, 6.45) is 1.25. The van der Waals surface area contributed by atoms with Crippen LogP contribution < -0.4 is 15.8 Å². The maximum absolute atomic E-state index is 11.7. The number of ether oxygens (including phenoxy) is 1. The Labute approximate surface area is 244 Å². The van der Waals surface area contributed by atoms with Crippen molar-refractivity contribution in [1.29, 1.82) is 10.8 Å². The largest absolute Gasteiger partial charge is 0.464 e. The molecule has 5 N–H and O–H groups in total. The van der Waals surface area contributed by atoms with Crippen LogP contribution in [-0.2, 0) is 0 Å². The van der Waals surface area contributed by atoms with Crippen LogP contribution in [0.15, 0.2) is 63.6 Å². The fourth-order valence-corrected chi connectivity index (χ4v) is 3.28. The van der Waals surface area contributed by atoms with Gasteiger partial charge in [0.15, 0.2) is 17.5 Å². The third-order valence-corrected chi connectivity index (χ3v) is 5.15. The number of hydrogen-bond donors (Lipinski definition) is 4. The van der Waals surface area contributed by atoms with E-state index in [1.807, 2.05) is 0 Å². The van der Waals surface area contributed by atoms with Crippen LogP contribution in [0.1, 0.15) is 50.8 Å². The molecule has 0 radical (unpaired) electrons. The van der Waals surface area contributed by atoms with Crippen LogP contribution in [-0.4, -0.2) is 39.4 Å². The molecule has 210 valence electrons. The highest BCUT2D eigenvalue weighted by molar-refractivity contribution is 6.67. The number of carbonyl (C=O) groups excluding carboxylic acids is 2. The molecule has 0 aliphatic carbocycles. The predicted molar refractivity (Wildman–Crippen MR) is 152 cm³/mol. The van der Waals surface area contributed by atoms with Crippen LogP contribution in [0.5, 0.6) is 5.95 Å². The lowest BCUT2D eigenvalue weighted by molar-refractivity contribution is 0.0971. The summed E-state index contributed by atoms with van der Waals surface area (Å²) in [5.74, 6) is 0.370. The molecule has 0 spiro atoms. The molecule has 0 saturated carbocycles. The smallest absolute Gasteiger partial charge is 0.318 e. The Morgan fingerprint density at radius 3 is 2.08 bits per heavy atom. The maximum Gasteiger partial charge on any atom is 0.318 e. The molecule has 0 saturated heterocycles. The molecule has 14 heteroatoms. The van der Waals surface area contributed by atoms with Gasteiger partial charge in [-0.15, -0.1) is 0 Å². The Bertz CT molecular complexity index is 1500. The van der Waals surface area contributed by atoms with Gasteiger partial charge in [0, 0.05) is 35.0 Å². The first-order valence-electron chi connectivity index (χ1n) is 11.4. The van der Waals surface area contributed by atoms with Gasteiger partial charge < -0.3 is 24.6 Å². The van der Waals surface area contributed by atoms with Crippen molar-refractivity contribution in [3.05, 3.63) is 99.1 Å². The first-order chi connectivity index (χ1) is 18.9. The SMILES string of the molecule is CCOc1oc(C)nc1C(=O)Cl.Cc1nc(C(=O)NC(=N)c2cccc(Cl)c2)co1.N=C(N)c1cccc(Cl)c1. The summed E-state index contributed by atoms with van der Waals surface area (Å²) in [5.41, 5.74) is 6.57. The van der Waals surface area contributed by atoms with Gasteiger partial charge in [0.1, 0.15) is 17.9 Å². The van der Waals surface area contributed by atoms with Crippen molar-refractivity contribution in [1.82, 2.24) is 15.3 Å². The highest BCUT2D eigenvalue weighted by Crippen LogP contribution is 2.21. The van der Waals surface area contributed by atoms with E-state index in [1.54, 1.807) is 69.3 Å². The van der Waals surface area contributed by atoms with E-state index in [-0.39, 0.29) is 29.0 Å². The molecule has 1 amide bonds. The number of nitrogens with two attached hydrogens (primary N) is 1. The number of aromatic nitrogens is 2. The number of aryl methyl sites for hydroxylation is 2. The Balaban J connectivity index is 0.000000222. The van der Waals surface area contributed by atoms with Gasteiger partial charge in [0.05, 0.1) is 6.61 Å². The molecule has 4 aromatic rings. The van der Waals surface area contributed by atoms with E-state index in [9.17, 15) is 9.59 Å². The summed E-state index contributed by atoms with van der Waals surface area (Å²) in [4.78, 5) is 30.1. The molecule has 0 fully saturated rings. The number of nitrogens with zero attached hydrogens (tertiary/aromatic N) is 2. The van der Waals surface area contributed by atoms with Gasteiger partial charge in [0.2, 0.25) is 5.69 Å². The first kappa shape index (κ1) is 32.0. The summed E-state index contributed by atoms with van der Waals surface area (Å²) < 4.78 is 14.9. The van der Waals surface area contributed by atoms with E-state index in [1.165, 1.54) is 6.26 Å². The van der Waals surface area contributed by atoms with Crippen molar-refractivity contribution in [3.8, 4) is 5.95 Å². The molecular formula is C26H25Cl3N6O5. The molecule has 4 rings (SSSR count). The standard InChI is InChI=1S/C12H10ClN3O2.C7H7ClN2.C7H8ClNO3/c1-7-15-10(6-18-7)12(17)16-11(14)8-3-2-4-9(13)5-8;8-6-3-1-2-5(4-6)7(9)10;1-3-11-7-5(6(8)10)9-4(2)12-7/h2-6H,1H3,(H2,14,16,17);1-4H,(H3,9,10);3H2,1-2H3. The number of halogens is 3. The van der Waals surface area contributed by atoms with Gasteiger partial charge in [-0.25, -0.2) is 9.97 Å². The number of benzene rings is 2. The highest BCUT2D eigenvalue weighted by atomic mass is 35.5. The lowest BCUT2D eigenvalue weighted by atomic mass is 10.2. The molecule has 2 aromatic heterocycles. The zero-order valence-electron chi connectivity index (χ0n) is 21.6. The number of oxazole rings is 2. The topological polar surface area (TPSA) is 181 Å². The number of nitrogen functional groups attached to an aromatic ring is 1. The molecule has 0 atom stereocenters. The van der Waals surface area contributed by atoms with Gasteiger partial charge in [-0.3, -0.25) is 20.4 Å². The van der Waals surface area contributed by atoms with Crippen molar-refractivity contribution in [2.75, 3.05) is 6.61 Å². The second-order valence-corrected chi connectivity index (χ2v) is 8.81. The molecule has 2 heterocycles. The first-order valence-corrected chi connectivity index (χ1v) is 12.5. The normalized spacial score (nSPS) is 9.85. The van der Waals surface area contributed by atoms with Gasteiger partial charge in [-0.05, 0) is 42.8 Å². The van der Waals surface area contributed by atoms with E-state index in [2.05, 4.69) is 15.3 Å². The Morgan fingerprint density at radius 2 is 1.60 bits per heavy atom. The minimum atomic E-state index is -0.671. The number of hydrogen-bond acceptors (Lipinski definition) is 9. The summed E-state index contributed by atoms with van der Waals surface area (Å²) in [6.45, 7) is 5.44. The minimum absolute atomic E-state index is 0.0380. The van der Waals surface area contributed by atoms with Crippen LogP contribution in [0.2, 0.25) is 10.0 Å². The highest BCUT2D eigenvalue weighted by Gasteiger charge is 2.17. The molecule has 0 aliphatic rings. The van der Waals surface area contributed by atoms with E-state index in [4.69, 9.17) is 64.9 Å². The van der Waals surface area contributed by atoms with Gasteiger partial charge in [-0.2, -0.15) is 0 Å².